The van der Waals surface area contributed by atoms with Gasteiger partial charge >= 0.3 is 12.0 Å². The predicted octanol–water partition coefficient (Wildman–Crippen LogP) is 6.89. The number of hydrogen-bond donors (Lipinski definition) is 2. The van der Waals surface area contributed by atoms with Crippen molar-refractivity contribution in [3.05, 3.63) is 0 Å². The number of likely N-dealkylation sites (N-methyl/N-ethyl adjacent to an activating group) is 1. The monoisotopic (exact) mass is 672 g/mol. The average Bonchev–Trinajstić information content (AvgIpc) is 3.54. The number of nitrogens with zero attached hydrogens (tertiary/aromatic N) is 2. The van der Waals surface area contributed by atoms with Gasteiger partial charge in [-0.15, -0.1) is 0 Å². The van der Waals surface area contributed by atoms with Gasteiger partial charge in [0.1, 0.15) is 6.61 Å². The lowest BCUT2D eigenvalue weighted by molar-refractivity contribution is -0.144. The number of aliphatic hydroxyl groups is 1. The number of carbonyl (C=O) groups is 2. The maximum Gasteiger partial charge on any atom is 0.320 e. The Morgan fingerprint density at radius 2 is 1.73 bits per heavy atom. The van der Waals surface area contributed by atoms with E-state index in [0.29, 0.717) is 53.3 Å². The van der Waals surface area contributed by atoms with Gasteiger partial charge in [0.25, 0.3) is 0 Å². The van der Waals surface area contributed by atoms with E-state index in [0.717, 1.165) is 56.3 Å². The summed E-state index contributed by atoms with van der Waals surface area (Å²) in [6.07, 6.45) is 18.5. The van der Waals surface area contributed by atoms with Gasteiger partial charge in [-0.25, -0.2) is 4.79 Å². The Balaban J connectivity index is 1.05. The largest absolute Gasteiger partial charge is 0.463 e. The molecule has 2 amide bonds. The Kier molecular flexibility index (Phi) is 11.4. The summed E-state index contributed by atoms with van der Waals surface area (Å²) in [4.78, 5) is 29.9. The zero-order valence-corrected chi connectivity index (χ0v) is 31.3. The van der Waals surface area contributed by atoms with Gasteiger partial charge in [0.15, 0.2) is 0 Å². The number of fused-ring (bicyclic) bond motifs is 7. The fourth-order valence-electron chi connectivity index (χ4n) is 12.6. The van der Waals surface area contributed by atoms with Crippen molar-refractivity contribution in [1.29, 1.82) is 0 Å². The summed E-state index contributed by atoms with van der Waals surface area (Å²) < 4.78 is 12.4. The van der Waals surface area contributed by atoms with Gasteiger partial charge in [-0.1, -0.05) is 47.0 Å². The molecule has 5 aliphatic carbocycles. The molecule has 6 aliphatic rings. The van der Waals surface area contributed by atoms with E-state index in [-0.39, 0.29) is 43.8 Å². The van der Waals surface area contributed by atoms with Crippen LogP contribution in [0, 0.1) is 52.3 Å². The summed E-state index contributed by atoms with van der Waals surface area (Å²) in [6, 6.07) is 0.523. The number of amides is 2. The molecule has 8 nitrogen and oxygen atoms in total. The number of esters is 1. The van der Waals surface area contributed by atoms with Crippen LogP contribution in [0.4, 0.5) is 4.79 Å². The van der Waals surface area contributed by atoms with Crippen LogP contribution in [-0.2, 0) is 14.3 Å². The van der Waals surface area contributed by atoms with Crippen molar-refractivity contribution in [3.63, 3.8) is 0 Å². The minimum absolute atomic E-state index is 0.0528. The van der Waals surface area contributed by atoms with Crippen LogP contribution in [0.25, 0.3) is 0 Å². The van der Waals surface area contributed by atoms with Gasteiger partial charge in [-0.3, -0.25) is 9.69 Å². The molecular weight excluding hydrogens is 602 g/mol. The predicted molar refractivity (Wildman–Crippen MR) is 189 cm³/mol. The number of hydrogen-bond acceptors (Lipinski definition) is 6. The van der Waals surface area contributed by atoms with Crippen molar-refractivity contribution in [3.8, 4) is 0 Å². The van der Waals surface area contributed by atoms with Crippen molar-refractivity contribution in [2.24, 2.45) is 52.3 Å². The number of rotatable bonds is 11. The first-order valence-electron chi connectivity index (χ1n) is 20.1. The summed E-state index contributed by atoms with van der Waals surface area (Å²) in [5.74, 6) is 4.46. The van der Waals surface area contributed by atoms with Crippen molar-refractivity contribution in [2.45, 2.75) is 148 Å². The molecule has 0 aromatic carbocycles. The Morgan fingerprint density at radius 1 is 0.979 bits per heavy atom. The van der Waals surface area contributed by atoms with Crippen LogP contribution in [0.1, 0.15) is 124 Å². The minimum Gasteiger partial charge on any atom is -0.463 e. The first kappa shape index (κ1) is 36.4. The summed E-state index contributed by atoms with van der Waals surface area (Å²) >= 11 is 0. The number of nitrogens with one attached hydrogen (secondary N) is 1. The molecule has 274 valence electrons. The second-order valence-corrected chi connectivity index (χ2v) is 18.3. The molecule has 0 aromatic heterocycles. The topological polar surface area (TPSA) is 91.3 Å². The zero-order chi connectivity index (χ0) is 34.2. The smallest absolute Gasteiger partial charge is 0.320 e. The second-order valence-electron chi connectivity index (χ2n) is 18.3. The molecule has 8 heteroatoms. The SMILES string of the molecule is CC(CO)CCC1OC2CC3C4CCC5C[C@H](NC(=O)N(CCOC(=O)CN(C)C)C6CCCCC6)CCC5(C)C4CCC3(C)C2[C@@H]1C. The Morgan fingerprint density at radius 3 is 2.46 bits per heavy atom. The second kappa shape index (κ2) is 15.1. The normalized spacial score (nSPS) is 41.5. The first-order chi connectivity index (χ1) is 22.9. The Bertz CT molecular complexity index is 1110. The molecule has 5 saturated carbocycles. The van der Waals surface area contributed by atoms with E-state index in [9.17, 15) is 14.7 Å². The lowest BCUT2D eigenvalue weighted by Crippen LogP contribution is -2.57. The van der Waals surface area contributed by atoms with Crippen molar-refractivity contribution in [1.82, 2.24) is 15.1 Å². The van der Waals surface area contributed by atoms with Crippen LogP contribution in [-0.4, -0.2) is 91.6 Å². The van der Waals surface area contributed by atoms with Gasteiger partial charge in [-0.05, 0) is 143 Å². The van der Waals surface area contributed by atoms with Crippen molar-refractivity contribution < 1.29 is 24.2 Å². The fourth-order valence-corrected chi connectivity index (χ4v) is 12.6. The van der Waals surface area contributed by atoms with Gasteiger partial charge in [-0.2, -0.15) is 0 Å². The highest BCUT2D eigenvalue weighted by Crippen LogP contribution is 2.70. The van der Waals surface area contributed by atoms with E-state index in [1.807, 2.05) is 23.9 Å². The standard InChI is InChI=1S/C40H69N3O5/c1-26(25-44)12-15-34-27(2)37-35(48-34)23-33-31-14-13-28-22-29(16-18-39(28,3)32(31)17-19-40(33,37)4)41-38(46)43(30-10-8-7-9-11-30)20-21-47-36(45)24-42(5)6/h26-35,37,44H,7-25H2,1-6H3,(H,41,46)/t26?,27-,28?,29-,31?,32?,33?,34?,35?,37?,39?,40?/m1/s1. The zero-order valence-electron chi connectivity index (χ0n) is 31.3. The maximum absolute atomic E-state index is 13.9. The number of ether oxygens (including phenoxy) is 2. The third kappa shape index (κ3) is 7.20. The number of carbonyl (C=O) groups excluding carboxylic acids is 2. The van der Waals surface area contributed by atoms with Crippen LogP contribution in [0.2, 0.25) is 0 Å². The molecule has 0 spiro atoms. The van der Waals surface area contributed by atoms with E-state index in [1.165, 1.54) is 57.8 Å². The summed E-state index contributed by atoms with van der Waals surface area (Å²) in [6.45, 7) is 11.2. The maximum atomic E-state index is 13.9. The molecule has 2 N–H and O–H groups in total. The van der Waals surface area contributed by atoms with Crippen LogP contribution in [0.3, 0.4) is 0 Å². The lowest BCUT2D eigenvalue weighted by Gasteiger charge is -2.61. The molecule has 6 rings (SSSR count). The molecule has 10 unspecified atom stereocenters. The summed E-state index contributed by atoms with van der Waals surface area (Å²) in [5, 5.41) is 13.1. The highest BCUT2D eigenvalue weighted by Gasteiger charge is 2.65. The van der Waals surface area contributed by atoms with E-state index in [2.05, 4.69) is 33.0 Å². The molecule has 1 heterocycles. The molecule has 12 atom stereocenters. The first-order valence-corrected chi connectivity index (χ1v) is 20.1. The highest BCUT2D eigenvalue weighted by atomic mass is 16.5. The molecule has 0 bridgehead atoms. The number of urea groups is 1. The average molecular weight is 672 g/mol. The molecule has 6 fully saturated rings. The summed E-state index contributed by atoms with van der Waals surface area (Å²) in [7, 11) is 3.73. The van der Waals surface area contributed by atoms with Crippen molar-refractivity contribution >= 4 is 12.0 Å². The Hall–Kier alpha value is -1.38. The van der Waals surface area contributed by atoms with E-state index < -0.39 is 0 Å². The van der Waals surface area contributed by atoms with Gasteiger partial charge in [0.05, 0.1) is 25.3 Å². The molecule has 48 heavy (non-hydrogen) atoms. The van der Waals surface area contributed by atoms with E-state index >= 15 is 0 Å². The van der Waals surface area contributed by atoms with Crippen LogP contribution in [0.15, 0.2) is 0 Å². The fraction of sp³-hybridized carbons (Fsp3) is 0.950. The molecule has 0 radical (unpaired) electrons. The molecule has 1 saturated heterocycles. The van der Waals surface area contributed by atoms with Crippen LogP contribution < -0.4 is 5.32 Å². The third-order valence-electron chi connectivity index (χ3n) is 15.2. The third-order valence-corrected chi connectivity index (χ3v) is 15.2. The van der Waals surface area contributed by atoms with Gasteiger partial charge in [0, 0.05) is 18.7 Å². The van der Waals surface area contributed by atoms with E-state index in [1.54, 1.807) is 0 Å². The molecule has 0 aromatic rings. The molecular formula is C40H69N3O5. The van der Waals surface area contributed by atoms with Crippen LogP contribution in [0.5, 0.6) is 0 Å². The quantitative estimate of drug-likeness (QED) is 0.233. The number of aliphatic hydroxyl groups excluding tert-OH is 1. The van der Waals surface area contributed by atoms with Gasteiger partial charge in [0.2, 0.25) is 0 Å². The Labute approximate surface area is 291 Å². The van der Waals surface area contributed by atoms with Gasteiger partial charge < -0.3 is 24.8 Å². The van der Waals surface area contributed by atoms with Crippen LogP contribution >= 0.6 is 0 Å². The molecule has 1 aliphatic heterocycles. The van der Waals surface area contributed by atoms with Crippen molar-refractivity contribution in [2.75, 3.05) is 40.4 Å². The summed E-state index contributed by atoms with van der Waals surface area (Å²) in [5.41, 5.74) is 0.753. The highest BCUT2D eigenvalue weighted by molar-refractivity contribution is 5.75. The minimum atomic E-state index is -0.231. The van der Waals surface area contributed by atoms with E-state index in [4.69, 9.17) is 9.47 Å². The lowest BCUT2D eigenvalue weighted by atomic mass is 9.44.